The topological polar surface area (TPSA) is 18.5 Å². The van der Waals surface area contributed by atoms with Gasteiger partial charge in [0.15, 0.2) is 0 Å². The SMILES string of the molecule is ClCCOOC12CC3CC(CC(C3)C1)C2. The van der Waals surface area contributed by atoms with Crippen molar-refractivity contribution < 1.29 is 9.78 Å². The second-order valence-electron chi connectivity index (χ2n) is 5.69. The molecule has 4 aliphatic rings. The molecule has 0 aliphatic heterocycles. The highest BCUT2D eigenvalue weighted by atomic mass is 35.5. The number of hydrogen-bond acceptors (Lipinski definition) is 2. The lowest BCUT2D eigenvalue weighted by Gasteiger charge is -2.55. The van der Waals surface area contributed by atoms with Crippen LogP contribution < -0.4 is 0 Å². The molecule has 2 nitrogen and oxygen atoms in total. The van der Waals surface area contributed by atoms with Crippen LogP contribution in [0.1, 0.15) is 38.5 Å². The third kappa shape index (κ3) is 1.92. The van der Waals surface area contributed by atoms with Crippen LogP contribution in [0.15, 0.2) is 0 Å². The minimum absolute atomic E-state index is 0.0702. The van der Waals surface area contributed by atoms with Crippen molar-refractivity contribution >= 4 is 11.6 Å². The Morgan fingerprint density at radius 3 is 2.00 bits per heavy atom. The van der Waals surface area contributed by atoms with Crippen LogP contribution in [-0.2, 0) is 9.78 Å². The van der Waals surface area contributed by atoms with Gasteiger partial charge in [-0.05, 0) is 56.3 Å². The fourth-order valence-electron chi connectivity index (χ4n) is 4.33. The van der Waals surface area contributed by atoms with Crippen molar-refractivity contribution in [2.24, 2.45) is 17.8 Å². The van der Waals surface area contributed by atoms with Crippen LogP contribution >= 0.6 is 11.6 Å². The highest BCUT2D eigenvalue weighted by Crippen LogP contribution is 2.57. The first kappa shape index (κ1) is 10.4. The second-order valence-corrected chi connectivity index (χ2v) is 6.07. The number of rotatable bonds is 4. The Kier molecular flexibility index (Phi) is 2.70. The summed E-state index contributed by atoms with van der Waals surface area (Å²) in [5, 5.41) is 0. The summed E-state index contributed by atoms with van der Waals surface area (Å²) in [6, 6.07) is 0. The van der Waals surface area contributed by atoms with E-state index in [-0.39, 0.29) is 5.60 Å². The molecule has 4 aliphatic carbocycles. The van der Waals surface area contributed by atoms with Gasteiger partial charge in [-0.2, -0.15) is 0 Å². The summed E-state index contributed by atoms with van der Waals surface area (Å²) in [5.74, 6) is 3.26. The predicted octanol–water partition coefficient (Wildman–Crippen LogP) is 3.14. The maximum Gasteiger partial charge on any atom is 0.104 e. The molecule has 0 aromatic carbocycles. The zero-order chi connectivity index (χ0) is 10.3. The Morgan fingerprint density at radius 2 is 1.53 bits per heavy atom. The monoisotopic (exact) mass is 230 g/mol. The molecule has 0 amide bonds. The summed E-state index contributed by atoms with van der Waals surface area (Å²) >= 11 is 5.58. The van der Waals surface area contributed by atoms with Gasteiger partial charge < -0.3 is 0 Å². The van der Waals surface area contributed by atoms with Crippen LogP contribution in [0.2, 0.25) is 0 Å². The van der Waals surface area contributed by atoms with Crippen LogP contribution in [0.25, 0.3) is 0 Å². The van der Waals surface area contributed by atoms with Crippen molar-refractivity contribution in [3.05, 3.63) is 0 Å². The van der Waals surface area contributed by atoms with E-state index in [2.05, 4.69) is 0 Å². The Balaban J connectivity index is 1.65. The number of halogens is 1. The van der Waals surface area contributed by atoms with Gasteiger partial charge in [-0.15, -0.1) is 11.6 Å². The second kappa shape index (κ2) is 3.90. The van der Waals surface area contributed by atoms with E-state index in [4.69, 9.17) is 21.4 Å². The van der Waals surface area contributed by atoms with Crippen molar-refractivity contribution in [2.75, 3.05) is 12.5 Å². The van der Waals surface area contributed by atoms with Crippen LogP contribution in [-0.4, -0.2) is 18.1 Å². The highest BCUT2D eigenvalue weighted by Gasteiger charge is 2.52. The van der Waals surface area contributed by atoms with Crippen LogP contribution in [0, 0.1) is 17.8 Å². The molecule has 4 fully saturated rings. The maximum atomic E-state index is 5.70. The van der Waals surface area contributed by atoms with E-state index in [0.29, 0.717) is 12.5 Å². The van der Waals surface area contributed by atoms with Gasteiger partial charge in [-0.3, -0.25) is 0 Å². The van der Waals surface area contributed by atoms with Crippen LogP contribution in [0.4, 0.5) is 0 Å². The largest absolute Gasteiger partial charge is 0.235 e. The Labute approximate surface area is 96.2 Å². The molecule has 4 bridgehead atoms. The summed E-state index contributed by atoms with van der Waals surface area (Å²) in [4.78, 5) is 10.9. The van der Waals surface area contributed by atoms with Crippen molar-refractivity contribution in [3.63, 3.8) is 0 Å². The van der Waals surface area contributed by atoms with Gasteiger partial charge in [-0.1, -0.05) is 0 Å². The molecule has 4 rings (SSSR count). The molecule has 86 valence electrons. The zero-order valence-corrected chi connectivity index (χ0v) is 9.84. The smallest absolute Gasteiger partial charge is 0.104 e. The van der Waals surface area contributed by atoms with E-state index >= 15 is 0 Å². The van der Waals surface area contributed by atoms with Gasteiger partial charge in [-0.25, -0.2) is 9.78 Å². The minimum atomic E-state index is 0.0702. The molecule has 0 heterocycles. The molecule has 0 atom stereocenters. The molecular formula is C12H19ClO2. The number of alkyl halides is 1. The standard InChI is InChI=1S/C12H19ClO2/c13-1-2-14-15-12-6-9-3-10(7-12)5-11(4-9)8-12/h9-11H,1-8H2. The Hall–Kier alpha value is 0.210. The number of hydrogen-bond donors (Lipinski definition) is 0. The van der Waals surface area contributed by atoms with Gasteiger partial charge >= 0.3 is 0 Å². The van der Waals surface area contributed by atoms with E-state index in [1.165, 1.54) is 38.5 Å². The van der Waals surface area contributed by atoms with Gasteiger partial charge in [0, 0.05) is 5.88 Å². The summed E-state index contributed by atoms with van der Waals surface area (Å²) in [7, 11) is 0. The first-order chi connectivity index (χ1) is 7.30. The molecule has 15 heavy (non-hydrogen) atoms. The predicted molar refractivity (Wildman–Crippen MR) is 58.7 cm³/mol. The van der Waals surface area contributed by atoms with Crippen molar-refractivity contribution in [1.29, 1.82) is 0 Å². The summed E-state index contributed by atoms with van der Waals surface area (Å²) in [6.45, 7) is 0.517. The molecule has 0 spiro atoms. The highest BCUT2D eigenvalue weighted by molar-refractivity contribution is 6.17. The maximum absolute atomic E-state index is 5.70. The van der Waals surface area contributed by atoms with Crippen molar-refractivity contribution in [3.8, 4) is 0 Å². The van der Waals surface area contributed by atoms with E-state index < -0.39 is 0 Å². The first-order valence-electron chi connectivity index (χ1n) is 6.16. The van der Waals surface area contributed by atoms with Crippen molar-refractivity contribution in [2.45, 2.75) is 44.1 Å². The zero-order valence-electron chi connectivity index (χ0n) is 9.08. The summed E-state index contributed by atoms with van der Waals surface area (Å²) < 4.78 is 0. The fraction of sp³-hybridized carbons (Fsp3) is 1.00. The lowest BCUT2D eigenvalue weighted by atomic mass is 9.54. The molecular weight excluding hydrogens is 212 g/mol. The molecule has 0 aromatic rings. The molecule has 0 radical (unpaired) electrons. The third-order valence-electron chi connectivity index (χ3n) is 4.38. The third-order valence-corrected chi connectivity index (χ3v) is 4.53. The normalized spacial score (nSPS) is 47.4. The molecule has 4 saturated carbocycles. The quantitative estimate of drug-likeness (QED) is 0.320. The fourth-order valence-corrected chi connectivity index (χ4v) is 4.39. The Morgan fingerprint density at radius 1 is 1.00 bits per heavy atom. The van der Waals surface area contributed by atoms with Gasteiger partial charge in [0.1, 0.15) is 5.60 Å². The van der Waals surface area contributed by atoms with Crippen LogP contribution in [0.3, 0.4) is 0 Å². The lowest BCUT2D eigenvalue weighted by molar-refractivity contribution is -0.384. The molecule has 0 saturated heterocycles. The lowest BCUT2D eigenvalue weighted by Crippen LogP contribution is -2.52. The van der Waals surface area contributed by atoms with E-state index in [0.717, 1.165) is 17.8 Å². The Bertz CT molecular complexity index is 206. The van der Waals surface area contributed by atoms with E-state index in [1.807, 2.05) is 0 Å². The summed E-state index contributed by atoms with van der Waals surface area (Å²) in [6.07, 6.45) is 8.00. The molecule has 0 N–H and O–H groups in total. The van der Waals surface area contributed by atoms with Gasteiger partial charge in [0.25, 0.3) is 0 Å². The molecule has 0 unspecified atom stereocenters. The van der Waals surface area contributed by atoms with Gasteiger partial charge in [0.2, 0.25) is 0 Å². The van der Waals surface area contributed by atoms with Crippen LogP contribution in [0.5, 0.6) is 0 Å². The minimum Gasteiger partial charge on any atom is -0.235 e. The van der Waals surface area contributed by atoms with Crippen molar-refractivity contribution in [1.82, 2.24) is 0 Å². The first-order valence-corrected chi connectivity index (χ1v) is 6.70. The average Bonchev–Trinajstić information content (AvgIpc) is 2.15. The van der Waals surface area contributed by atoms with E-state index in [1.54, 1.807) is 0 Å². The molecule has 3 heteroatoms. The van der Waals surface area contributed by atoms with E-state index in [9.17, 15) is 0 Å². The summed E-state index contributed by atoms with van der Waals surface area (Å²) in [5.41, 5.74) is 0.0702. The average molecular weight is 231 g/mol. The van der Waals surface area contributed by atoms with Gasteiger partial charge in [0.05, 0.1) is 6.61 Å². The molecule has 0 aromatic heterocycles.